The molecule has 2 amide bonds. The van der Waals surface area contributed by atoms with Crippen LogP contribution in [0.1, 0.15) is 20.8 Å². The number of para-hydroxylation sites is 1. The Balaban J connectivity index is 2.13. The van der Waals surface area contributed by atoms with Crippen molar-refractivity contribution in [1.82, 2.24) is 10.3 Å². The van der Waals surface area contributed by atoms with E-state index in [2.05, 4.69) is 10.3 Å². The number of aromatic hydroxyl groups is 1. The largest absolute Gasteiger partial charge is 0.507 e. The van der Waals surface area contributed by atoms with Gasteiger partial charge in [-0.15, -0.1) is 11.3 Å². The van der Waals surface area contributed by atoms with Crippen LogP contribution in [0.15, 0.2) is 35.2 Å². The van der Waals surface area contributed by atoms with Gasteiger partial charge in [-0.05, 0) is 12.1 Å². The van der Waals surface area contributed by atoms with Crippen molar-refractivity contribution in [1.29, 1.82) is 0 Å². The number of hydrogen-bond acceptors (Lipinski definition) is 5. The molecule has 1 aromatic carbocycles. The zero-order chi connectivity index (χ0) is 12.3. The van der Waals surface area contributed by atoms with Crippen LogP contribution in [0.3, 0.4) is 0 Å². The van der Waals surface area contributed by atoms with Crippen molar-refractivity contribution >= 4 is 23.2 Å². The van der Waals surface area contributed by atoms with E-state index >= 15 is 0 Å². The molecule has 0 fully saturated rings. The molecule has 6 heteroatoms. The predicted molar refractivity (Wildman–Crippen MR) is 62.0 cm³/mol. The number of nitrogens with one attached hydrogen (secondary N) is 1. The molecule has 0 aliphatic heterocycles. The van der Waals surface area contributed by atoms with Gasteiger partial charge in [0.15, 0.2) is 0 Å². The number of carbonyl (C=O) groups excluding carboxylic acids is 2. The fourth-order valence-electron chi connectivity index (χ4n) is 1.22. The minimum absolute atomic E-state index is 0.0519. The van der Waals surface area contributed by atoms with Crippen molar-refractivity contribution in [2.45, 2.75) is 0 Å². The Bertz CT molecular complexity index is 552. The lowest BCUT2D eigenvalue weighted by atomic mass is 10.2. The van der Waals surface area contributed by atoms with Gasteiger partial charge < -0.3 is 5.11 Å². The summed E-state index contributed by atoms with van der Waals surface area (Å²) in [4.78, 5) is 27.0. The van der Waals surface area contributed by atoms with Gasteiger partial charge in [-0.2, -0.15) is 0 Å². The maximum atomic E-state index is 11.7. The van der Waals surface area contributed by atoms with Crippen molar-refractivity contribution in [2.24, 2.45) is 0 Å². The molecule has 0 saturated carbocycles. The van der Waals surface area contributed by atoms with E-state index in [9.17, 15) is 14.7 Å². The van der Waals surface area contributed by atoms with Gasteiger partial charge in [0.25, 0.3) is 11.8 Å². The molecule has 0 unspecified atom stereocenters. The van der Waals surface area contributed by atoms with E-state index in [-0.39, 0.29) is 17.0 Å². The molecule has 2 rings (SSSR count). The number of rotatable bonds is 2. The number of carbonyl (C=O) groups is 2. The fourth-order valence-corrected chi connectivity index (χ4v) is 1.76. The number of benzene rings is 1. The number of thiazole rings is 1. The van der Waals surface area contributed by atoms with E-state index in [1.54, 1.807) is 12.1 Å². The van der Waals surface area contributed by atoms with Gasteiger partial charge in [0.2, 0.25) is 0 Å². The van der Waals surface area contributed by atoms with E-state index in [4.69, 9.17) is 0 Å². The highest BCUT2D eigenvalue weighted by Gasteiger charge is 2.15. The number of phenolic OH excluding ortho intramolecular Hbond substituents is 1. The zero-order valence-electron chi connectivity index (χ0n) is 8.58. The number of phenols is 1. The molecule has 0 radical (unpaired) electrons. The molecule has 1 heterocycles. The molecule has 2 N–H and O–H groups in total. The second-order valence-corrected chi connectivity index (χ2v) is 3.89. The van der Waals surface area contributed by atoms with Crippen molar-refractivity contribution < 1.29 is 14.7 Å². The second-order valence-electron chi connectivity index (χ2n) is 3.17. The summed E-state index contributed by atoms with van der Waals surface area (Å²) in [5.74, 6) is -1.41. The first-order valence-electron chi connectivity index (χ1n) is 4.70. The highest BCUT2D eigenvalue weighted by Crippen LogP contribution is 2.15. The molecule has 86 valence electrons. The molecule has 0 bridgehead atoms. The minimum Gasteiger partial charge on any atom is -0.507 e. The lowest BCUT2D eigenvalue weighted by Crippen LogP contribution is -2.30. The number of aromatic nitrogens is 1. The van der Waals surface area contributed by atoms with E-state index < -0.39 is 11.8 Å². The highest BCUT2D eigenvalue weighted by atomic mass is 32.1. The summed E-state index contributed by atoms with van der Waals surface area (Å²) in [7, 11) is 0. The Morgan fingerprint density at radius 2 is 2.00 bits per heavy atom. The maximum absolute atomic E-state index is 11.7. The number of nitrogens with zero attached hydrogens (tertiary/aromatic N) is 1. The van der Waals surface area contributed by atoms with Gasteiger partial charge in [0.05, 0.1) is 11.1 Å². The SMILES string of the molecule is O=C(NC(=O)c1ccccc1O)c1cscn1. The summed E-state index contributed by atoms with van der Waals surface area (Å²) in [6.45, 7) is 0. The van der Waals surface area contributed by atoms with Crippen molar-refractivity contribution in [2.75, 3.05) is 0 Å². The van der Waals surface area contributed by atoms with Crippen LogP contribution in [0.25, 0.3) is 0 Å². The topological polar surface area (TPSA) is 79.3 Å². The van der Waals surface area contributed by atoms with Crippen LogP contribution in [0.2, 0.25) is 0 Å². The van der Waals surface area contributed by atoms with Gasteiger partial charge in [-0.3, -0.25) is 14.9 Å². The number of imide groups is 1. The fraction of sp³-hybridized carbons (Fsp3) is 0. The number of amides is 2. The Morgan fingerprint density at radius 1 is 1.24 bits per heavy atom. The van der Waals surface area contributed by atoms with E-state index in [1.807, 2.05) is 0 Å². The van der Waals surface area contributed by atoms with Crippen LogP contribution in [-0.4, -0.2) is 21.9 Å². The van der Waals surface area contributed by atoms with E-state index in [0.29, 0.717) is 0 Å². The van der Waals surface area contributed by atoms with Gasteiger partial charge >= 0.3 is 0 Å². The summed E-state index contributed by atoms with van der Waals surface area (Å²) in [6.07, 6.45) is 0. The maximum Gasteiger partial charge on any atom is 0.277 e. The van der Waals surface area contributed by atoms with Gasteiger partial charge in [-0.25, -0.2) is 4.98 Å². The summed E-state index contributed by atoms with van der Waals surface area (Å²) >= 11 is 1.26. The Hall–Kier alpha value is -2.21. The second kappa shape index (κ2) is 4.75. The third-order valence-corrected chi connectivity index (χ3v) is 2.63. The molecular formula is C11H8N2O3S. The lowest BCUT2D eigenvalue weighted by molar-refractivity contribution is 0.0845. The highest BCUT2D eigenvalue weighted by molar-refractivity contribution is 7.07. The molecule has 0 aliphatic carbocycles. The van der Waals surface area contributed by atoms with Crippen molar-refractivity contribution in [3.63, 3.8) is 0 Å². The lowest BCUT2D eigenvalue weighted by Gasteiger charge is -2.03. The van der Waals surface area contributed by atoms with Crippen LogP contribution in [-0.2, 0) is 0 Å². The van der Waals surface area contributed by atoms with Gasteiger partial charge in [0.1, 0.15) is 11.4 Å². The van der Waals surface area contributed by atoms with Crippen LogP contribution >= 0.6 is 11.3 Å². The van der Waals surface area contributed by atoms with Crippen LogP contribution in [0, 0.1) is 0 Å². The molecule has 5 nitrogen and oxygen atoms in total. The van der Waals surface area contributed by atoms with Crippen LogP contribution < -0.4 is 5.32 Å². The van der Waals surface area contributed by atoms with E-state index in [1.165, 1.54) is 34.4 Å². The molecular weight excluding hydrogens is 240 g/mol. The third kappa shape index (κ3) is 2.48. The summed E-state index contributed by atoms with van der Waals surface area (Å²) in [5.41, 5.74) is 1.73. The smallest absolute Gasteiger partial charge is 0.277 e. The monoisotopic (exact) mass is 248 g/mol. The van der Waals surface area contributed by atoms with Crippen molar-refractivity contribution in [3.8, 4) is 5.75 Å². The average molecular weight is 248 g/mol. The summed E-state index contributed by atoms with van der Waals surface area (Å²) in [5, 5.41) is 13.1. The Labute approximate surface area is 101 Å². The zero-order valence-corrected chi connectivity index (χ0v) is 9.40. The Morgan fingerprint density at radius 3 is 2.65 bits per heavy atom. The van der Waals surface area contributed by atoms with Crippen LogP contribution in [0.5, 0.6) is 5.75 Å². The standard InChI is InChI=1S/C11H8N2O3S/c14-9-4-2-1-3-7(9)10(15)13-11(16)8-5-17-6-12-8/h1-6,14H,(H,13,15,16). The molecule has 0 aliphatic rings. The van der Waals surface area contributed by atoms with Gasteiger partial charge in [0, 0.05) is 5.38 Å². The normalized spacial score (nSPS) is 9.88. The van der Waals surface area contributed by atoms with E-state index in [0.717, 1.165) is 0 Å². The first kappa shape index (κ1) is 11.3. The molecule has 2 aromatic rings. The quantitative estimate of drug-likeness (QED) is 0.788. The Kier molecular flexibility index (Phi) is 3.15. The van der Waals surface area contributed by atoms with Gasteiger partial charge in [-0.1, -0.05) is 12.1 Å². The average Bonchev–Trinajstić information content (AvgIpc) is 2.82. The summed E-state index contributed by atoms with van der Waals surface area (Å²) < 4.78 is 0. The molecule has 0 spiro atoms. The van der Waals surface area contributed by atoms with Crippen LogP contribution in [0.4, 0.5) is 0 Å². The predicted octanol–water partition coefficient (Wildman–Crippen LogP) is 1.42. The number of hydrogen-bond donors (Lipinski definition) is 2. The summed E-state index contributed by atoms with van der Waals surface area (Å²) in [6, 6.07) is 6.00. The molecule has 0 atom stereocenters. The molecule has 1 aromatic heterocycles. The molecule has 0 saturated heterocycles. The molecule has 17 heavy (non-hydrogen) atoms. The first-order valence-corrected chi connectivity index (χ1v) is 5.64. The first-order chi connectivity index (χ1) is 8.18. The third-order valence-electron chi connectivity index (χ3n) is 2.04. The van der Waals surface area contributed by atoms with Crippen molar-refractivity contribution in [3.05, 3.63) is 46.4 Å². The minimum atomic E-state index is -0.652.